The first-order chi connectivity index (χ1) is 20.2. The highest BCUT2D eigenvalue weighted by Gasteiger charge is 2.08. The van der Waals surface area contributed by atoms with Crippen molar-refractivity contribution in [2.24, 2.45) is 0 Å². The molecule has 41 heavy (non-hydrogen) atoms. The monoisotopic (exact) mass is 570 g/mol. The van der Waals surface area contributed by atoms with Crippen LogP contribution in [-0.2, 0) is 0 Å². The maximum atomic E-state index is 2.71. The lowest BCUT2D eigenvalue weighted by atomic mass is 10.0. The van der Waals surface area contributed by atoms with Crippen LogP contribution < -0.4 is 4.90 Å². The summed E-state index contributed by atoms with van der Waals surface area (Å²) in [5.41, 5.74) is 4.28. The van der Waals surface area contributed by atoms with E-state index in [0.29, 0.717) is 0 Å². The van der Waals surface area contributed by atoms with Crippen molar-refractivity contribution in [3.05, 3.63) is 29.3 Å². The normalized spacial score (nSPS) is 11.4. The van der Waals surface area contributed by atoms with Gasteiger partial charge in [0.05, 0.1) is 0 Å². The zero-order valence-electron chi connectivity index (χ0n) is 28.9. The van der Waals surface area contributed by atoms with Crippen molar-refractivity contribution in [2.45, 2.75) is 207 Å². The maximum Gasteiger partial charge on any atom is 0.0371 e. The van der Waals surface area contributed by atoms with Crippen LogP contribution in [0.5, 0.6) is 0 Å². The zero-order chi connectivity index (χ0) is 29.6. The first kappa shape index (κ1) is 38.0. The summed E-state index contributed by atoms with van der Waals surface area (Å²) in [5, 5.41) is 0. The number of hydrogen-bond donors (Lipinski definition) is 0. The summed E-state index contributed by atoms with van der Waals surface area (Å²) in [5.74, 6) is 0. The third-order valence-electron chi connectivity index (χ3n) is 9.13. The van der Waals surface area contributed by atoms with Gasteiger partial charge in [-0.15, -0.1) is 0 Å². The van der Waals surface area contributed by atoms with Crippen LogP contribution in [0.2, 0.25) is 0 Å². The molecule has 0 bridgehead atoms. The van der Waals surface area contributed by atoms with Gasteiger partial charge in [0, 0.05) is 18.8 Å². The van der Waals surface area contributed by atoms with Gasteiger partial charge < -0.3 is 4.90 Å². The second-order valence-corrected chi connectivity index (χ2v) is 13.5. The van der Waals surface area contributed by atoms with Gasteiger partial charge >= 0.3 is 0 Å². The van der Waals surface area contributed by atoms with Gasteiger partial charge in [0.25, 0.3) is 0 Å². The highest BCUT2D eigenvalue weighted by atomic mass is 15.1. The molecule has 240 valence electrons. The van der Waals surface area contributed by atoms with E-state index in [2.05, 4.69) is 50.8 Å². The SMILES string of the molecule is CCCCCCCCCCCCCCCCN(CCCCCCCCCCCCCCCC)c1cc(C)cc(C)c1. The molecule has 0 radical (unpaired) electrons. The highest BCUT2D eigenvalue weighted by Crippen LogP contribution is 2.21. The Hall–Kier alpha value is -0.980. The number of rotatable bonds is 31. The quantitative estimate of drug-likeness (QED) is 0.0804. The van der Waals surface area contributed by atoms with Crippen molar-refractivity contribution < 1.29 is 0 Å². The first-order valence-corrected chi connectivity index (χ1v) is 19.0. The van der Waals surface area contributed by atoms with Crippen molar-refractivity contribution in [3.8, 4) is 0 Å². The second-order valence-electron chi connectivity index (χ2n) is 13.5. The van der Waals surface area contributed by atoms with Crippen LogP contribution in [0.1, 0.15) is 205 Å². The van der Waals surface area contributed by atoms with E-state index in [9.17, 15) is 0 Å². The van der Waals surface area contributed by atoms with Crippen LogP contribution in [0.3, 0.4) is 0 Å². The standard InChI is InChI=1S/C40H75N/c1-5-7-9-11-13-15-17-19-21-23-25-27-29-31-33-41(40-36-38(3)35-39(4)37-40)34-32-30-28-26-24-22-20-18-16-14-12-10-8-6-2/h35-37H,5-34H2,1-4H3. The predicted molar refractivity (Wildman–Crippen MR) is 189 cm³/mol. The van der Waals surface area contributed by atoms with E-state index in [4.69, 9.17) is 0 Å². The molecular formula is C40H75N. The van der Waals surface area contributed by atoms with E-state index in [1.165, 1.54) is 210 Å². The molecule has 0 amide bonds. The minimum Gasteiger partial charge on any atom is -0.372 e. The van der Waals surface area contributed by atoms with E-state index in [1.807, 2.05) is 0 Å². The van der Waals surface area contributed by atoms with Gasteiger partial charge in [-0.3, -0.25) is 0 Å². The van der Waals surface area contributed by atoms with E-state index < -0.39 is 0 Å². The third kappa shape index (κ3) is 24.2. The maximum absolute atomic E-state index is 2.71. The summed E-state index contributed by atoms with van der Waals surface area (Å²) in [6.45, 7) is 11.6. The summed E-state index contributed by atoms with van der Waals surface area (Å²) >= 11 is 0. The Kier molecular flexibility index (Phi) is 27.0. The number of anilines is 1. The molecule has 0 aliphatic carbocycles. The number of unbranched alkanes of at least 4 members (excludes halogenated alkanes) is 26. The Balaban J connectivity index is 2.12. The molecule has 0 saturated carbocycles. The Labute approximate surface area is 260 Å². The van der Waals surface area contributed by atoms with Crippen LogP contribution >= 0.6 is 0 Å². The van der Waals surface area contributed by atoms with E-state index in [0.717, 1.165) is 0 Å². The molecule has 0 heterocycles. The highest BCUT2D eigenvalue weighted by molar-refractivity contribution is 5.50. The Bertz CT molecular complexity index is 613. The van der Waals surface area contributed by atoms with Gasteiger partial charge in [-0.05, 0) is 49.9 Å². The van der Waals surface area contributed by atoms with Gasteiger partial charge in [0.1, 0.15) is 0 Å². The molecule has 0 fully saturated rings. The van der Waals surface area contributed by atoms with E-state index >= 15 is 0 Å². The van der Waals surface area contributed by atoms with Gasteiger partial charge in [-0.2, -0.15) is 0 Å². The molecule has 1 aromatic carbocycles. The van der Waals surface area contributed by atoms with Crippen molar-refractivity contribution >= 4 is 5.69 Å². The third-order valence-corrected chi connectivity index (χ3v) is 9.13. The minimum absolute atomic E-state index is 1.24. The molecule has 0 N–H and O–H groups in total. The van der Waals surface area contributed by atoms with Crippen molar-refractivity contribution in [2.75, 3.05) is 18.0 Å². The molecule has 0 aliphatic heterocycles. The molecule has 0 spiro atoms. The van der Waals surface area contributed by atoms with Crippen LogP contribution in [0.15, 0.2) is 18.2 Å². The second kappa shape index (κ2) is 29.1. The largest absolute Gasteiger partial charge is 0.372 e. The smallest absolute Gasteiger partial charge is 0.0371 e. The lowest BCUT2D eigenvalue weighted by molar-refractivity contribution is 0.529. The molecule has 0 saturated heterocycles. The fraction of sp³-hybridized carbons (Fsp3) is 0.850. The van der Waals surface area contributed by atoms with E-state index in [-0.39, 0.29) is 0 Å². The van der Waals surface area contributed by atoms with E-state index in [1.54, 1.807) is 0 Å². The van der Waals surface area contributed by atoms with Gasteiger partial charge in [0.15, 0.2) is 0 Å². The molecule has 1 nitrogen and oxygen atoms in total. The lowest BCUT2D eigenvalue weighted by Gasteiger charge is -2.26. The summed E-state index contributed by atoms with van der Waals surface area (Å²) in [7, 11) is 0. The lowest BCUT2D eigenvalue weighted by Crippen LogP contribution is -2.26. The number of nitrogens with zero attached hydrogens (tertiary/aromatic N) is 1. The average Bonchev–Trinajstić information content (AvgIpc) is 2.95. The van der Waals surface area contributed by atoms with Gasteiger partial charge in [-0.1, -0.05) is 187 Å². The Morgan fingerprint density at radius 1 is 0.341 bits per heavy atom. The molecular weight excluding hydrogens is 494 g/mol. The van der Waals surface area contributed by atoms with Gasteiger partial charge in [0.2, 0.25) is 0 Å². The molecule has 0 unspecified atom stereocenters. The van der Waals surface area contributed by atoms with Crippen LogP contribution in [0.4, 0.5) is 5.69 Å². The number of hydrogen-bond acceptors (Lipinski definition) is 1. The molecule has 0 aliphatic rings. The van der Waals surface area contributed by atoms with Crippen LogP contribution in [0, 0.1) is 13.8 Å². The summed E-state index contributed by atoms with van der Waals surface area (Å²) in [6, 6.07) is 7.15. The summed E-state index contributed by atoms with van der Waals surface area (Å²) in [6.07, 6.45) is 40.3. The zero-order valence-corrected chi connectivity index (χ0v) is 28.9. The summed E-state index contributed by atoms with van der Waals surface area (Å²) in [4.78, 5) is 2.71. The fourth-order valence-corrected chi connectivity index (χ4v) is 6.50. The molecule has 1 aromatic rings. The molecule has 0 atom stereocenters. The molecule has 1 rings (SSSR count). The number of benzene rings is 1. The van der Waals surface area contributed by atoms with Gasteiger partial charge in [-0.25, -0.2) is 0 Å². The summed E-state index contributed by atoms with van der Waals surface area (Å²) < 4.78 is 0. The van der Waals surface area contributed by atoms with Crippen LogP contribution in [-0.4, -0.2) is 13.1 Å². The Morgan fingerprint density at radius 2 is 0.585 bits per heavy atom. The fourth-order valence-electron chi connectivity index (χ4n) is 6.50. The minimum atomic E-state index is 1.24. The molecule has 1 heteroatoms. The van der Waals surface area contributed by atoms with Crippen molar-refractivity contribution in [1.82, 2.24) is 0 Å². The Morgan fingerprint density at radius 3 is 0.854 bits per heavy atom. The topological polar surface area (TPSA) is 3.24 Å². The van der Waals surface area contributed by atoms with Crippen LogP contribution in [0.25, 0.3) is 0 Å². The number of aryl methyl sites for hydroxylation is 2. The predicted octanol–water partition coefficient (Wildman–Crippen LogP) is 14.1. The van der Waals surface area contributed by atoms with Crippen molar-refractivity contribution in [1.29, 1.82) is 0 Å². The van der Waals surface area contributed by atoms with Crippen molar-refractivity contribution in [3.63, 3.8) is 0 Å². The molecule has 0 aromatic heterocycles. The average molecular weight is 570 g/mol. The first-order valence-electron chi connectivity index (χ1n) is 19.0.